The molecule has 4 aromatic rings. The van der Waals surface area contributed by atoms with E-state index in [4.69, 9.17) is 0 Å². The quantitative estimate of drug-likeness (QED) is 0.322. The molecule has 1 N–H and O–H groups in total. The van der Waals surface area contributed by atoms with E-state index >= 15 is 0 Å². The summed E-state index contributed by atoms with van der Waals surface area (Å²) in [6.45, 7) is 0. The summed E-state index contributed by atoms with van der Waals surface area (Å²) in [4.78, 5) is 22.4. The van der Waals surface area contributed by atoms with Crippen LogP contribution in [0.3, 0.4) is 0 Å². The number of sulfonamides is 1. The van der Waals surface area contributed by atoms with Gasteiger partial charge in [0.2, 0.25) is 0 Å². The van der Waals surface area contributed by atoms with E-state index in [1.54, 1.807) is 12.1 Å². The first kappa shape index (κ1) is 21.9. The Morgan fingerprint density at radius 1 is 0.697 bits per heavy atom. The number of amides is 1. The van der Waals surface area contributed by atoms with Gasteiger partial charge in [-0.25, -0.2) is 13.1 Å². The zero-order valence-corrected chi connectivity index (χ0v) is 18.0. The van der Waals surface area contributed by atoms with Gasteiger partial charge in [-0.15, -0.1) is 0 Å². The summed E-state index contributed by atoms with van der Waals surface area (Å²) in [5.74, 6) is -0.872. The Kier molecular flexibility index (Phi) is 6.01. The minimum absolute atomic E-state index is 0.00224. The number of carbonyl (C=O) groups excluding carboxylic acids is 1. The van der Waals surface area contributed by atoms with Gasteiger partial charge in [-0.2, -0.15) is 0 Å². The van der Waals surface area contributed by atoms with Gasteiger partial charge in [0.25, 0.3) is 21.6 Å². The van der Waals surface area contributed by atoms with Crippen molar-refractivity contribution in [3.05, 3.63) is 119 Å². The summed E-state index contributed by atoms with van der Waals surface area (Å²) in [6, 6.07) is 28.6. The van der Waals surface area contributed by atoms with Crippen molar-refractivity contribution in [3.8, 4) is 22.3 Å². The normalized spacial score (nSPS) is 11.0. The van der Waals surface area contributed by atoms with Crippen molar-refractivity contribution in [2.24, 2.45) is 0 Å². The monoisotopic (exact) mass is 458 g/mol. The van der Waals surface area contributed by atoms with Crippen LogP contribution in [0.1, 0.15) is 10.4 Å². The number of nitro groups is 1. The molecule has 0 aliphatic rings. The van der Waals surface area contributed by atoms with Gasteiger partial charge >= 0.3 is 0 Å². The Balaban J connectivity index is 1.57. The van der Waals surface area contributed by atoms with E-state index in [2.05, 4.69) is 0 Å². The van der Waals surface area contributed by atoms with Gasteiger partial charge in [0.1, 0.15) is 0 Å². The lowest BCUT2D eigenvalue weighted by molar-refractivity contribution is -0.384. The fraction of sp³-hybridized carbons (Fsp3) is 0. The topological polar surface area (TPSA) is 106 Å². The van der Waals surface area contributed by atoms with Crippen LogP contribution in [0, 0.1) is 10.1 Å². The van der Waals surface area contributed by atoms with Crippen LogP contribution >= 0.6 is 0 Å². The number of hydrogen-bond acceptors (Lipinski definition) is 5. The lowest BCUT2D eigenvalue weighted by Crippen LogP contribution is -2.30. The number of nitrogens with one attached hydrogen (secondary N) is 1. The summed E-state index contributed by atoms with van der Waals surface area (Å²) >= 11 is 0. The standard InChI is InChI=1S/C25H18N2O5S/c28-25(20-10-14-21(15-11-20)27(29)30)26-33(31,32)22-16-12-19(13-17-22)24-9-5-4-8-23(24)18-6-2-1-3-7-18/h1-17H,(H,26,28). The largest absolute Gasteiger partial charge is 0.269 e. The second-order valence-corrected chi connectivity index (χ2v) is 8.86. The maximum atomic E-state index is 12.7. The average Bonchev–Trinajstić information content (AvgIpc) is 2.84. The number of benzene rings is 4. The Morgan fingerprint density at radius 3 is 1.76 bits per heavy atom. The Morgan fingerprint density at radius 2 is 1.21 bits per heavy atom. The predicted octanol–water partition coefficient (Wildman–Crippen LogP) is 5.05. The molecule has 0 unspecified atom stereocenters. The maximum Gasteiger partial charge on any atom is 0.269 e. The van der Waals surface area contributed by atoms with E-state index < -0.39 is 20.9 Å². The van der Waals surface area contributed by atoms with Crippen LogP contribution in [-0.4, -0.2) is 19.2 Å². The molecule has 4 aromatic carbocycles. The van der Waals surface area contributed by atoms with E-state index in [0.29, 0.717) is 0 Å². The van der Waals surface area contributed by atoms with Gasteiger partial charge in [0.05, 0.1) is 9.82 Å². The van der Waals surface area contributed by atoms with Crippen molar-refractivity contribution in [1.29, 1.82) is 0 Å². The highest BCUT2D eigenvalue weighted by Crippen LogP contribution is 2.32. The fourth-order valence-electron chi connectivity index (χ4n) is 3.39. The molecule has 1 amide bonds. The molecule has 0 bridgehead atoms. The van der Waals surface area contributed by atoms with E-state index in [1.807, 2.05) is 59.3 Å². The van der Waals surface area contributed by atoms with Crippen LogP contribution in [-0.2, 0) is 10.0 Å². The van der Waals surface area contributed by atoms with Crippen molar-refractivity contribution in [1.82, 2.24) is 4.72 Å². The number of hydrogen-bond donors (Lipinski definition) is 1. The fourth-order valence-corrected chi connectivity index (χ4v) is 4.37. The second kappa shape index (κ2) is 9.05. The van der Waals surface area contributed by atoms with Crippen molar-refractivity contribution in [2.45, 2.75) is 4.90 Å². The first-order chi connectivity index (χ1) is 15.8. The smallest absolute Gasteiger partial charge is 0.268 e. The molecular weight excluding hydrogens is 440 g/mol. The molecule has 0 saturated carbocycles. The molecule has 0 atom stereocenters. The Hall–Kier alpha value is -4.30. The van der Waals surface area contributed by atoms with Gasteiger partial charge in [0, 0.05) is 17.7 Å². The molecule has 33 heavy (non-hydrogen) atoms. The van der Waals surface area contributed by atoms with Crippen molar-refractivity contribution >= 4 is 21.6 Å². The lowest BCUT2D eigenvalue weighted by Gasteiger charge is -2.11. The second-order valence-electron chi connectivity index (χ2n) is 7.17. The minimum Gasteiger partial charge on any atom is -0.268 e. The van der Waals surface area contributed by atoms with Crippen LogP contribution in [0.4, 0.5) is 5.69 Å². The van der Waals surface area contributed by atoms with Crippen LogP contribution in [0.25, 0.3) is 22.3 Å². The number of carbonyl (C=O) groups is 1. The number of rotatable bonds is 6. The van der Waals surface area contributed by atoms with E-state index in [9.17, 15) is 23.3 Å². The number of non-ortho nitro benzene ring substituents is 1. The third-order valence-corrected chi connectivity index (χ3v) is 6.40. The third-order valence-electron chi connectivity index (χ3n) is 5.05. The average molecular weight is 458 g/mol. The van der Waals surface area contributed by atoms with Crippen molar-refractivity contribution in [3.63, 3.8) is 0 Å². The highest BCUT2D eigenvalue weighted by atomic mass is 32.2. The summed E-state index contributed by atoms with van der Waals surface area (Å²) in [7, 11) is -4.13. The first-order valence-electron chi connectivity index (χ1n) is 9.92. The van der Waals surface area contributed by atoms with Gasteiger partial charge in [-0.3, -0.25) is 14.9 Å². The van der Waals surface area contributed by atoms with Gasteiger partial charge in [-0.05, 0) is 46.5 Å². The predicted molar refractivity (Wildman–Crippen MR) is 125 cm³/mol. The zero-order chi connectivity index (χ0) is 23.4. The van der Waals surface area contributed by atoms with Crippen LogP contribution in [0.15, 0.2) is 108 Å². The van der Waals surface area contributed by atoms with Crippen molar-refractivity contribution in [2.75, 3.05) is 0 Å². The lowest BCUT2D eigenvalue weighted by atomic mass is 9.95. The molecule has 0 radical (unpaired) electrons. The van der Waals surface area contributed by atoms with E-state index in [-0.39, 0.29) is 16.1 Å². The minimum atomic E-state index is -4.13. The molecule has 0 heterocycles. The van der Waals surface area contributed by atoms with Crippen LogP contribution < -0.4 is 4.72 Å². The van der Waals surface area contributed by atoms with Crippen molar-refractivity contribution < 1.29 is 18.1 Å². The Labute approximate surface area is 190 Å². The summed E-state index contributed by atoms with van der Waals surface area (Å²) in [5.41, 5.74) is 3.64. The molecular formula is C25H18N2O5S. The van der Waals surface area contributed by atoms with Gasteiger partial charge in [-0.1, -0.05) is 66.7 Å². The molecule has 0 aliphatic heterocycles. The molecule has 0 aromatic heterocycles. The molecule has 0 aliphatic carbocycles. The number of nitro benzene ring substituents is 1. The highest BCUT2D eigenvalue weighted by molar-refractivity contribution is 7.90. The van der Waals surface area contributed by atoms with Crippen LogP contribution in [0.2, 0.25) is 0 Å². The molecule has 7 nitrogen and oxygen atoms in total. The maximum absolute atomic E-state index is 12.7. The molecule has 0 saturated heterocycles. The number of nitrogens with zero attached hydrogens (tertiary/aromatic N) is 1. The Bertz CT molecular complexity index is 1420. The SMILES string of the molecule is O=C(NS(=O)(=O)c1ccc(-c2ccccc2-c2ccccc2)cc1)c1ccc([N+](=O)[O-])cc1. The van der Waals surface area contributed by atoms with E-state index in [1.165, 1.54) is 24.3 Å². The first-order valence-corrected chi connectivity index (χ1v) is 11.4. The molecule has 4 rings (SSSR count). The summed E-state index contributed by atoms with van der Waals surface area (Å²) in [6.07, 6.45) is 0. The van der Waals surface area contributed by atoms with Gasteiger partial charge in [0.15, 0.2) is 0 Å². The molecule has 164 valence electrons. The molecule has 8 heteroatoms. The summed E-state index contributed by atoms with van der Waals surface area (Å²) < 4.78 is 27.4. The third kappa shape index (κ3) is 4.81. The van der Waals surface area contributed by atoms with Crippen LogP contribution in [0.5, 0.6) is 0 Å². The molecule has 0 spiro atoms. The van der Waals surface area contributed by atoms with E-state index in [0.717, 1.165) is 34.4 Å². The zero-order valence-electron chi connectivity index (χ0n) is 17.2. The van der Waals surface area contributed by atoms with Gasteiger partial charge < -0.3 is 0 Å². The summed E-state index contributed by atoms with van der Waals surface area (Å²) in [5, 5.41) is 10.7. The molecule has 0 fully saturated rings. The highest BCUT2D eigenvalue weighted by Gasteiger charge is 2.20.